The number of nitrogens with zero attached hydrogens (tertiary/aromatic N) is 2. The Kier molecular flexibility index (Phi) is 3.11. The number of hydrogen-bond donors (Lipinski definition) is 2. The number of aromatic nitrogens is 2. The summed E-state index contributed by atoms with van der Waals surface area (Å²) in [5, 5.41) is 18.3. The van der Waals surface area contributed by atoms with E-state index in [1.165, 1.54) is 0 Å². The van der Waals surface area contributed by atoms with E-state index in [1.807, 2.05) is 0 Å². The molecule has 0 unspecified atom stereocenters. The number of carbonyl (C=O) groups is 1. The molecular weight excluding hydrogens is 220 g/mol. The van der Waals surface area contributed by atoms with E-state index in [9.17, 15) is 9.90 Å². The van der Waals surface area contributed by atoms with Crippen molar-refractivity contribution < 1.29 is 15.0 Å². The van der Waals surface area contributed by atoms with Gasteiger partial charge in [-0.15, -0.1) is 0 Å². The Morgan fingerprint density at radius 2 is 1.88 bits per heavy atom. The van der Waals surface area contributed by atoms with Gasteiger partial charge >= 0.3 is 5.97 Å². The van der Waals surface area contributed by atoms with Gasteiger partial charge in [-0.1, -0.05) is 18.2 Å². The molecule has 0 fully saturated rings. The summed E-state index contributed by atoms with van der Waals surface area (Å²) in [6.07, 6.45) is 3.08. The maximum Gasteiger partial charge on any atom is 0.336 e. The van der Waals surface area contributed by atoms with Crippen LogP contribution < -0.4 is 0 Å². The van der Waals surface area contributed by atoms with Gasteiger partial charge in [0, 0.05) is 18.0 Å². The molecule has 1 aromatic carbocycles. The summed E-state index contributed by atoms with van der Waals surface area (Å²) in [5.41, 5.74) is 0.799. The molecule has 0 aliphatic carbocycles. The average Bonchev–Trinajstić information content (AvgIpc) is 2.38. The third-order valence-corrected chi connectivity index (χ3v) is 2.34. The van der Waals surface area contributed by atoms with Crippen molar-refractivity contribution in [2.45, 2.75) is 6.61 Å². The topological polar surface area (TPSA) is 83.3 Å². The summed E-state index contributed by atoms with van der Waals surface area (Å²) in [4.78, 5) is 19.2. The highest BCUT2D eigenvalue weighted by molar-refractivity contribution is 5.96. The van der Waals surface area contributed by atoms with Crippen molar-refractivity contribution in [1.82, 2.24) is 9.97 Å². The second kappa shape index (κ2) is 4.71. The Hall–Kier alpha value is -2.27. The Morgan fingerprint density at radius 3 is 2.47 bits per heavy atom. The van der Waals surface area contributed by atoms with Crippen molar-refractivity contribution in [2.24, 2.45) is 0 Å². The molecule has 86 valence electrons. The van der Waals surface area contributed by atoms with Gasteiger partial charge in [0.1, 0.15) is 0 Å². The SMILES string of the molecule is O=C(O)c1c(CO)cccc1-c1ncccn1. The fourth-order valence-electron chi connectivity index (χ4n) is 1.61. The summed E-state index contributed by atoms with van der Waals surface area (Å²) in [7, 11) is 0. The first-order chi connectivity index (χ1) is 8.24. The number of hydrogen-bond acceptors (Lipinski definition) is 4. The van der Waals surface area contributed by atoms with Gasteiger partial charge < -0.3 is 10.2 Å². The minimum Gasteiger partial charge on any atom is -0.478 e. The highest BCUT2D eigenvalue weighted by atomic mass is 16.4. The van der Waals surface area contributed by atoms with E-state index < -0.39 is 5.97 Å². The molecule has 0 saturated carbocycles. The van der Waals surface area contributed by atoms with Gasteiger partial charge in [0.2, 0.25) is 0 Å². The molecule has 0 amide bonds. The van der Waals surface area contributed by atoms with Crippen molar-refractivity contribution in [3.63, 3.8) is 0 Å². The smallest absolute Gasteiger partial charge is 0.336 e. The fraction of sp³-hybridized carbons (Fsp3) is 0.0833. The van der Waals surface area contributed by atoms with Crippen molar-refractivity contribution in [3.8, 4) is 11.4 Å². The molecule has 2 aromatic rings. The van der Waals surface area contributed by atoms with Crippen LogP contribution in [0.1, 0.15) is 15.9 Å². The Bertz CT molecular complexity index is 541. The molecule has 1 aromatic heterocycles. The first-order valence-electron chi connectivity index (χ1n) is 4.97. The van der Waals surface area contributed by atoms with E-state index >= 15 is 0 Å². The molecule has 0 spiro atoms. The second-order valence-electron chi connectivity index (χ2n) is 3.38. The predicted molar refractivity (Wildman–Crippen MR) is 60.4 cm³/mol. The molecule has 0 atom stereocenters. The lowest BCUT2D eigenvalue weighted by molar-refractivity contribution is 0.0694. The molecule has 2 N–H and O–H groups in total. The van der Waals surface area contributed by atoms with Gasteiger partial charge in [0.15, 0.2) is 5.82 Å². The van der Waals surface area contributed by atoms with Crippen LogP contribution in [0.5, 0.6) is 0 Å². The molecule has 0 saturated heterocycles. The van der Waals surface area contributed by atoms with Crippen LogP contribution in [0.25, 0.3) is 11.4 Å². The van der Waals surface area contributed by atoms with Crippen LogP contribution >= 0.6 is 0 Å². The van der Waals surface area contributed by atoms with Gasteiger partial charge in [-0.3, -0.25) is 0 Å². The zero-order valence-corrected chi connectivity index (χ0v) is 8.87. The van der Waals surface area contributed by atoms with Crippen LogP contribution in [-0.4, -0.2) is 26.2 Å². The highest BCUT2D eigenvalue weighted by Gasteiger charge is 2.17. The molecule has 1 heterocycles. The van der Waals surface area contributed by atoms with Crippen molar-refractivity contribution in [1.29, 1.82) is 0 Å². The van der Waals surface area contributed by atoms with E-state index in [0.717, 1.165) is 0 Å². The molecule has 0 aliphatic rings. The van der Waals surface area contributed by atoms with E-state index in [4.69, 9.17) is 5.11 Å². The third kappa shape index (κ3) is 2.14. The molecule has 0 aliphatic heterocycles. The highest BCUT2D eigenvalue weighted by Crippen LogP contribution is 2.23. The number of carboxylic acid groups (broad SMARTS) is 1. The molecule has 0 radical (unpaired) electrons. The summed E-state index contributed by atoms with van der Waals surface area (Å²) in [6, 6.07) is 6.51. The lowest BCUT2D eigenvalue weighted by atomic mass is 10.0. The Morgan fingerprint density at radius 1 is 1.18 bits per heavy atom. The fourth-order valence-corrected chi connectivity index (χ4v) is 1.61. The van der Waals surface area contributed by atoms with Crippen molar-refractivity contribution >= 4 is 5.97 Å². The quantitative estimate of drug-likeness (QED) is 0.831. The van der Waals surface area contributed by atoms with Crippen LogP contribution in [0.4, 0.5) is 0 Å². The van der Waals surface area contributed by atoms with Gasteiger partial charge in [0.25, 0.3) is 0 Å². The Labute approximate surface area is 97.4 Å². The van der Waals surface area contributed by atoms with E-state index in [2.05, 4.69) is 9.97 Å². The summed E-state index contributed by atoms with van der Waals surface area (Å²) < 4.78 is 0. The van der Waals surface area contributed by atoms with Gasteiger partial charge in [-0.2, -0.15) is 0 Å². The summed E-state index contributed by atoms with van der Waals surface area (Å²) in [5.74, 6) is -0.766. The van der Waals surface area contributed by atoms with Gasteiger partial charge in [-0.05, 0) is 11.6 Å². The van der Waals surface area contributed by atoms with E-state index in [1.54, 1.807) is 36.7 Å². The van der Waals surface area contributed by atoms with E-state index in [0.29, 0.717) is 17.0 Å². The van der Waals surface area contributed by atoms with Crippen LogP contribution in [0.3, 0.4) is 0 Å². The zero-order chi connectivity index (χ0) is 12.3. The van der Waals surface area contributed by atoms with Crippen LogP contribution in [0.15, 0.2) is 36.7 Å². The molecule has 0 bridgehead atoms. The Balaban J connectivity index is 2.66. The molecule has 2 rings (SSSR count). The zero-order valence-electron chi connectivity index (χ0n) is 8.87. The standard InChI is InChI=1S/C12H10N2O3/c15-7-8-3-1-4-9(10(8)12(16)17)11-13-5-2-6-14-11/h1-6,15H,7H2,(H,16,17). The molecular formula is C12H10N2O3. The molecule has 17 heavy (non-hydrogen) atoms. The van der Waals surface area contributed by atoms with Crippen molar-refractivity contribution in [2.75, 3.05) is 0 Å². The van der Waals surface area contributed by atoms with Crippen LogP contribution in [-0.2, 0) is 6.61 Å². The average molecular weight is 230 g/mol. The number of aliphatic hydroxyl groups excluding tert-OH is 1. The number of benzene rings is 1. The summed E-state index contributed by atoms with van der Waals surface area (Å²) in [6.45, 7) is -0.331. The lowest BCUT2D eigenvalue weighted by Crippen LogP contribution is -2.06. The third-order valence-electron chi connectivity index (χ3n) is 2.34. The molecule has 5 nitrogen and oxygen atoms in total. The number of aliphatic hydroxyl groups is 1. The first-order valence-corrected chi connectivity index (χ1v) is 4.97. The summed E-state index contributed by atoms with van der Waals surface area (Å²) >= 11 is 0. The van der Waals surface area contributed by atoms with Gasteiger partial charge in [-0.25, -0.2) is 14.8 Å². The minimum absolute atomic E-state index is 0.0428. The second-order valence-corrected chi connectivity index (χ2v) is 3.38. The normalized spacial score (nSPS) is 10.2. The monoisotopic (exact) mass is 230 g/mol. The van der Waals surface area contributed by atoms with Gasteiger partial charge in [0.05, 0.1) is 12.2 Å². The predicted octanol–water partition coefficient (Wildman–Crippen LogP) is 1.33. The molecule has 5 heteroatoms. The maximum absolute atomic E-state index is 11.2. The number of rotatable bonds is 3. The van der Waals surface area contributed by atoms with E-state index in [-0.39, 0.29) is 12.2 Å². The van der Waals surface area contributed by atoms with Crippen molar-refractivity contribution in [3.05, 3.63) is 47.8 Å². The maximum atomic E-state index is 11.2. The number of carboxylic acids is 1. The van der Waals surface area contributed by atoms with Crippen LogP contribution in [0.2, 0.25) is 0 Å². The number of aromatic carboxylic acids is 1. The first kappa shape index (κ1) is 11.2. The minimum atomic E-state index is -1.10. The lowest BCUT2D eigenvalue weighted by Gasteiger charge is -2.08. The van der Waals surface area contributed by atoms with Crippen LogP contribution in [0, 0.1) is 0 Å². The largest absolute Gasteiger partial charge is 0.478 e.